The van der Waals surface area contributed by atoms with Crippen LogP contribution in [0.4, 0.5) is 5.69 Å². The van der Waals surface area contributed by atoms with Crippen LogP contribution in [0.2, 0.25) is 0 Å². The monoisotopic (exact) mass is 316 g/mol. The Morgan fingerprint density at radius 2 is 2.18 bits per heavy atom. The molecule has 0 saturated carbocycles. The van der Waals surface area contributed by atoms with Crippen molar-refractivity contribution in [3.05, 3.63) is 46.4 Å². The summed E-state index contributed by atoms with van der Waals surface area (Å²) >= 11 is 1.47. The Morgan fingerprint density at radius 1 is 1.41 bits per heavy atom. The van der Waals surface area contributed by atoms with Gasteiger partial charge in [0.2, 0.25) is 5.91 Å². The third-order valence-corrected chi connectivity index (χ3v) is 4.63. The summed E-state index contributed by atoms with van der Waals surface area (Å²) < 4.78 is 5.34. The highest BCUT2D eigenvalue weighted by atomic mass is 32.1. The van der Waals surface area contributed by atoms with Crippen LogP contribution < -0.4 is 4.90 Å². The summed E-state index contributed by atoms with van der Waals surface area (Å²) in [5.74, 6) is -0.761. The normalized spacial score (nSPS) is 17.8. The molecule has 1 aromatic heterocycles. The van der Waals surface area contributed by atoms with E-state index >= 15 is 0 Å². The van der Waals surface area contributed by atoms with E-state index in [9.17, 15) is 9.59 Å². The van der Waals surface area contributed by atoms with Crippen molar-refractivity contribution in [1.29, 1.82) is 0 Å². The highest BCUT2D eigenvalue weighted by Gasteiger charge is 2.36. The number of amides is 1. The number of aryl methyl sites for hydroxylation is 1. The molecular weight excluding hydrogens is 300 g/mol. The van der Waals surface area contributed by atoms with Gasteiger partial charge in [0.25, 0.3) is 0 Å². The molecule has 1 fully saturated rings. The van der Waals surface area contributed by atoms with Gasteiger partial charge in [-0.1, -0.05) is 18.2 Å². The number of esters is 1. The number of benzene rings is 1. The topological polar surface area (TPSA) is 59.5 Å². The van der Waals surface area contributed by atoms with Gasteiger partial charge in [-0.15, -0.1) is 11.3 Å². The quantitative estimate of drug-likeness (QED) is 0.813. The molecule has 0 N–H and O–H groups in total. The minimum atomic E-state index is -0.402. The Hall–Kier alpha value is -2.21. The number of ether oxygens (including phenoxy) is 1. The van der Waals surface area contributed by atoms with Crippen molar-refractivity contribution >= 4 is 28.9 Å². The van der Waals surface area contributed by atoms with Gasteiger partial charge < -0.3 is 9.64 Å². The summed E-state index contributed by atoms with van der Waals surface area (Å²) in [6, 6.07) is 9.38. The molecule has 22 heavy (non-hydrogen) atoms. The Bertz CT molecular complexity index is 684. The van der Waals surface area contributed by atoms with Crippen LogP contribution >= 0.6 is 11.3 Å². The predicted octanol–water partition coefficient (Wildman–Crippen LogP) is 2.55. The van der Waals surface area contributed by atoms with Crippen molar-refractivity contribution in [2.45, 2.75) is 20.0 Å². The number of rotatable bonds is 4. The molecule has 1 aromatic carbocycles. The molecule has 1 aliphatic heterocycles. The molecule has 3 rings (SSSR count). The van der Waals surface area contributed by atoms with Gasteiger partial charge in [-0.3, -0.25) is 9.59 Å². The van der Waals surface area contributed by atoms with E-state index in [1.807, 2.05) is 37.3 Å². The average Bonchev–Trinajstić information content (AvgIpc) is 3.12. The molecule has 2 heterocycles. The largest absolute Gasteiger partial charge is 0.460 e. The maximum Gasteiger partial charge on any atom is 0.311 e. The van der Waals surface area contributed by atoms with E-state index in [2.05, 4.69) is 4.98 Å². The zero-order chi connectivity index (χ0) is 15.5. The molecule has 1 saturated heterocycles. The van der Waals surface area contributed by atoms with Gasteiger partial charge in [-0.2, -0.15) is 0 Å². The van der Waals surface area contributed by atoms with Crippen LogP contribution in [0.25, 0.3) is 0 Å². The summed E-state index contributed by atoms with van der Waals surface area (Å²) in [5.41, 5.74) is 3.43. The number of anilines is 1. The van der Waals surface area contributed by atoms with Gasteiger partial charge in [-0.05, 0) is 19.1 Å². The second kappa shape index (κ2) is 6.27. The van der Waals surface area contributed by atoms with E-state index in [4.69, 9.17) is 4.74 Å². The smallest absolute Gasteiger partial charge is 0.311 e. The molecule has 0 spiro atoms. The van der Waals surface area contributed by atoms with E-state index in [1.54, 1.807) is 10.4 Å². The Morgan fingerprint density at radius 3 is 2.86 bits per heavy atom. The molecule has 0 radical (unpaired) electrons. The second-order valence-electron chi connectivity index (χ2n) is 5.21. The van der Waals surface area contributed by atoms with Gasteiger partial charge in [0.1, 0.15) is 6.61 Å². The Balaban J connectivity index is 1.61. The minimum absolute atomic E-state index is 0.0397. The average molecular weight is 316 g/mol. The van der Waals surface area contributed by atoms with Gasteiger partial charge >= 0.3 is 5.97 Å². The molecular formula is C16H16N2O3S. The molecule has 1 aliphatic rings. The molecule has 0 unspecified atom stereocenters. The Labute approximate surface area is 132 Å². The van der Waals surface area contributed by atoms with E-state index in [0.717, 1.165) is 16.3 Å². The summed E-state index contributed by atoms with van der Waals surface area (Å²) in [6.07, 6.45) is 0.204. The highest BCUT2D eigenvalue weighted by Crippen LogP contribution is 2.26. The van der Waals surface area contributed by atoms with Crippen molar-refractivity contribution in [1.82, 2.24) is 4.98 Å². The van der Waals surface area contributed by atoms with Gasteiger partial charge in [0.05, 0.1) is 22.0 Å². The van der Waals surface area contributed by atoms with E-state index in [-0.39, 0.29) is 24.9 Å². The van der Waals surface area contributed by atoms with Crippen LogP contribution in [0.1, 0.15) is 17.0 Å². The number of thiazole rings is 1. The summed E-state index contributed by atoms with van der Waals surface area (Å²) in [4.78, 5) is 30.9. The van der Waals surface area contributed by atoms with Crippen LogP contribution in [0.15, 0.2) is 35.8 Å². The summed E-state index contributed by atoms with van der Waals surface area (Å²) in [7, 11) is 0. The molecule has 0 bridgehead atoms. The van der Waals surface area contributed by atoms with Crippen molar-refractivity contribution in [3.63, 3.8) is 0 Å². The Kier molecular flexibility index (Phi) is 4.20. The fourth-order valence-corrected chi connectivity index (χ4v) is 3.13. The van der Waals surface area contributed by atoms with E-state index in [0.29, 0.717) is 6.54 Å². The fraction of sp³-hybridized carbons (Fsp3) is 0.312. The molecule has 114 valence electrons. The molecule has 2 aromatic rings. The SMILES string of the molecule is Cc1ncsc1COC(=O)[C@H]1CC(=O)N(c2ccccc2)C1. The summed E-state index contributed by atoms with van der Waals surface area (Å²) in [6.45, 7) is 2.49. The predicted molar refractivity (Wildman–Crippen MR) is 83.5 cm³/mol. The number of aromatic nitrogens is 1. The minimum Gasteiger partial charge on any atom is -0.460 e. The number of hydrogen-bond acceptors (Lipinski definition) is 5. The lowest BCUT2D eigenvalue weighted by Crippen LogP contribution is -2.26. The molecule has 5 nitrogen and oxygen atoms in total. The number of nitrogens with zero attached hydrogens (tertiary/aromatic N) is 2. The first-order chi connectivity index (χ1) is 10.6. The molecule has 1 atom stereocenters. The first-order valence-electron chi connectivity index (χ1n) is 7.06. The van der Waals surface area contributed by atoms with Crippen LogP contribution in [-0.2, 0) is 20.9 Å². The first kappa shape index (κ1) is 14.7. The lowest BCUT2D eigenvalue weighted by atomic mass is 10.1. The highest BCUT2D eigenvalue weighted by molar-refractivity contribution is 7.09. The maximum absolute atomic E-state index is 12.2. The van der Waals surface area contributed by atoms with Gasteiger partial charge in [0, 0.05) is 18.7 Å². The van der Waals surface area contributed by atoms with Crippen LogP contribution in [0.5, 0.6) is 0 Å². The van der Waals surface area contributed by atoms with E-state index in [1.165, 1.54) is 11.3 Å². The lowest BCUT2D eigenvalue weighted by molar-refractivity contribution is -0.149. The summed E-state index contributed by atoms with van der Waals surface area (Å²) in [5, 5.41) is 0. The first-order valence-corrected chi connectivity index (χ1v) is 7.94. The fourth-order valence-electron chi connectivity index (χ4n) is 2.44. The van der Waals surface area contributed by atoms with Crippen LogP contribution in [-0.4, -0.2) is 23.4 Å². The molecule has 6 heteroatoms. The van der Waals surface area contributed by atoms with Crippen molar-refractivity contribution < 1.29 is 14.3 Å². The van der Waals surface area contributed by atoms with Gasteiger partial charge in [-0.25, -0.2) is 4.98 Å². The van der Waals surface area contributed by atoms with E-state index < -0.39 is 5.92 Å². The number of carbonyl (C=O) groups excluding carboxylic acids is 2. The molecule has 1 amide bonds. The number of hydrogen-bond donors (Lipinski definition) is 0. The molecule has 0 aliphatic carbocycles. The second-order valence-corrected chi connectivity index (χ2v) is 6.15. The zero-order valence-electron chi connectivity index (χ0n) is 12.2. The third kappa shape index (κ3) is 3.01. The maximum atomic E-state index is 12.2. The van der Waals surface area contributed by atoms with Crippen LogP contribution in [0, 0.1) is 12.8 Å². The van der Waals surface area contributed by atoms with Gasteiger partial charge in [0.15, 0.2) is 0 Å². The third-order valence-electron chi connectivity index (χ3n) is 3.72. The van der Waals surface area contributed by atoms with Crippen LogP contribution in [0.3, 0.4) is 0 Å². The lowest BCUT2D eigenvalue weighted by Gasteiger charge is -2.16. The van der Waals surface area contributed by atoms with Crippen molar-refractivity contribution in [2.75, 3.05) is 11.4 Å². The van der Waals surface area contributed by atoms with Crippen molar-refractivity contribution in [2.24, 2.45) is 5.92 Å². The zero-order valence-corrected chi connectivity index (χ0v) is 13.0. The van der Waals surface area contributed by atoms with Crippen molar-refractivity contribution in [3.8, 4) is 0 Å². The standard InChI is InChI=1S/C16H16N2O3S/c1-11-14(22-10-17-11)9-21-16(20)12-7-15(19)18(8-12)13-5-3-2-4-6-13/h2-6,10,12H,7-9H2,1H3/t12-/m0/s1. The number of para-hydroxylation sites is 1. The number of carbonyl (C=O) groups is 2.